The van der Waals surface area contributed by atoms with Crippen LogP contribution in [0, 0.1) is 5.82 Å². The summed E-state index contributed by atoms with van der Waals surface area (Å²) in [7, 11) is 1.53. The van der Waals surface area contributed by atoms with Gasteiger partial charge in [0.15, 0.2) is 11.6 Å². The lowest BCUT2D eigenvalue weighted by Gasteiger charge is -2.09. The second-order valence-electron chi connectivity index (χ2n) is 4.13. The first-order chi connectivity index (χ1) is 9.54. The van der Waals surface area contributed by atoms with Gasteiger partial charge < -0.3 is 4.74 Å². The molecule has 0 bridgehead atoms. The van der Waals surface area contributed by atoms with Crippen LogP contribution in [0.15, 0.2) is 40.9 Å². The number of rotatable bonds is 4. The van der Waals surface area contributed by atoms with Gasteiger partial charge in [0.1, 0.15) is 5.75 Å². The molecule has 0 atom stereocenters. The van der Waals surface area contributed by atoms with E-state index in [0.717, 1.165) is 0 Å². The Balaban J connectivity index is 2.31. The number of benzene rings is 2. The first-order valence-electron chi connectivity index (χ1n) is 5.83. The van der Waals surface area contributed by atoms with E-state index in [0.29, 0.717) is 15.8 Å². The molecule has 0 saturated carbocycles. The molecule has 0 aliphatic rings. The second kappa shape index (κ2) is 6.37. The number of hydrogen-bond donors (Lipinski definition) is 0. The van der Waals surface area contributed by atoms with Crippen molar-refractivity contribution in [2.75, 3.05) is 7.11 Å². The van der Waals surface area contributed by atoms with Crippen LogP contribution in [0.1, 0.15) is 15.9 Å². The topological polar surface area (TPSA) is 26.3 Å². The van der Waals surface area contributed by atoms with Crippen LogP contribution in [0.3, 0.4) is 0 Å². The highest BCUT2D eigenvalue weighted by Gasteiger charge is 2.18. The molecule has 5 heteroatoms. The van der Waals surface area contributed by atoms with Gasteiger partial charge in [0, 0.05) is 16.5 Å². The summed E-state index contributed by atoms with van der Waals surface area (Å²) in [6.45, 7) is 0. The summed E-state index contributed by atoms with van der Waals surface area (Å²) in [5, 5.41) is -0.0872. The number of Topliss-reactive ketones (excluding diaryl/α,β-unsaturated/α-hetero) is 1. The van der Waals surface area contributed by atoms with Crippen molar-refractivity contribution in [3.8, 4) is 5.75 Å². The Labute approximate surface area is 129 Å². The van der Waals surface area contributed by atoms with Crippen LogP contribution >= 0.6 is 27.5 Å². The van der Waals surface area contributed by atoms with E-state index in [2.05, 4.69) is 15.9 Å². The van der Waals surface area contributed by atoms with Crippen molar-refractivity contribution in [3.05, 3.63) is 62.8 Å². The van der Waals surface area contributed by atoms with E-state index in [1.54, 1.807) is 24.3 Å². The third-order valence-corrected chi connectivity index (χ3v) is 4.14. The maximum atomic E-state index is 14.0. The lowest BCUT2D eigenvalue weighted by molar-refractivity contribution is 0.0988. The van der Waals surface area contributed by atoms with Gasteiger partial charge in [-0.15, -0.1) is 0 Å². The Bertz CT molecular complexity index is 658. The quantitative estimate of drug-likeness (QED) is 0.587. The number of ether oxygens (including phenoxy) is 1. The van der Waals surface area contributed by atoms with Crippen LogP contribution < -0.4 is 4.74 Å². The Kier molecular flexibility index (Phi) is 4.78. The zero-order valence-corrected chi connectivity index (χ0v) is 13.0. The molecular weight excluding hydrogens is 347 g/mol. The number of carbonyl (C=O) groups excluding carboxylic acids is 1. The maximum Gasteiger partial charge on any atom is 0.170 e. The fraction of sp³-hybridized carbons (Fsp3) is 0.133. The van der Waals surface area contributed by atoms with Crippen molar-refractivity contribution < 1.29 is 13.9 Å². The minimum absolute atomic E-state index is 0.0240. The van der Waals surface area contributed by atoms with Gasteiger partial charge >= 0.3 is 0 Å². The fourth-order valence-electron chi connectivity index (χ4n) is 1.86. The zero-order valence-electron chi connectivity index (χ0n) is 10.6. The molecule has 0 amide bonds. The van der Waals surface area contributed by atoms with Gasteiger partial charge in [-0.05, 0) is 34.1 Å². The van der Waals surface area contributed by atoms with Crippen molar-refractivity contribution >= 4 is 33.3 Å². The first-order valence-corrected chi connectivity index (χ1v) is 7.00. The smallest absolute Gasteiger partial charge is 0.170 e. The van der Waals surface area contributed by atoms with Crippen molar-refractivity contribution in [1.82, 2.24) is 0 Å². The minimum atomic E-state index is -0.707. The largest absolute Gasteiger partial charge is 0.496 e. The summed E-state index contributed by atoms with van der Waals surface area (Å²) in [4.78, 5) is 12.2. The van der Waals surface area contributed by atoms with Crippen LogP contribution in [0.2, 0.25) is 5.02 Å². The molecule has 0 radical (unpaired) electrons. The minimum Gasteiger partial charge on any atom is -0.496 e. The highest BCUT2D eigenvalue weighted by molar-refractivity contribution is 9.10. The molecule has 104 valence electrons. The van der Waals surface area contributed by atoms with Crippen LogP contribution in [0.5, 0.6) is 5.75 Å². The number of para-hydroxylation sites is 1. The molecule has 0 unspecified atom stereocenters. The van der Waals surface area contributed by atoms with E-state index in [9.17, 15) is 9.18 Å². The number of hydrogen-bond acceptors (Lipinski definition) is 2. The molecule has 2 rings (SSSR count). The van der Waals surface area contributed by atoms with Crippen LogP contribution in [0.4, 0.5) is 4.39 Å². The number of methoxy groups -OCH3 is 1. The van der Waals surface area contributed by atoms with E-state index in [1.807, 2.05) is 6.07 Å². The summed E-state index contributed by atoms with van der Waals surface area (Å²) in [5.74, 6) is -0.452. The second-order valence-corrected chi connectivity index (χ2v) is 5.37. The van der Waals surface area contributed by atoms with E-state index >= 15 is 0 Å². The normalized spacial score (nSPS) is 10.4. The maximum absolute atomic E-state index is 14.0. The molecule has 0 fully saturated rings. The molecule has 2 nitrogen and oxygen atoms in total. The molecule has 0 aromatic heterocycles. The lowest BCUT2D eigenvalue weighted by Crippen LogP contribution is -2.07. The summed E-state index contributed by atoms with van der Waals surface area (Å²) < 4.78 is 19.6. The van der Waals surface area contributed by atoms with Crippen LogP contribution in [-0.2, 0) is 6.42 Å². The Morgan fingerprint density at radius 3 is 2.70 bits per heavy atom. The third-order valence-electron chi connectivity index (χ3n) is 2.88. The van der Waals surface area contributed by atoms with Gasteiger partial charge in [-0.25, -0.2) is 4.39 Å². The summed E-state index contributed by atoms with van der Waals surface area (Å²) in [5.41, 5.74) is 0.683. The monoisotopic (exact) mass is 356 g/mol. The summed E-state index contributed by atoms with van der Waals surface area (Å²) in [6, 6.07) is 10.1. The first kappa shape index (κ1) is 15.0. The highest BCUT2D eigenvalue weighted by Crippen LogP contribution is 2.29. The summed E-state index contributed by atoms with van der Waals surface area (Å²) in [6.07, 6.45) is 0.0545. The summed E-state index contributed by atoms with van der Waals surface area (Å²) >= 11 is 8.91. The average molecular weight is 358 g/mol. The van der Waals surface area contributed by atoms with E-state index in [1.165, 1.54) is 13.2 Å². The van der Waals surface area contributed by atoms with Gasteiger partial charge in [-0.1, -0.05) is 29.8 Å². The predicted octanol–water partition coefficient (Wildman–Crippen LogP) is 4.68. The Morgan fingerprint density at radius 2 is 2.00 bits per heavy atom. The van der Waals surface area contributed by atoms with Gasteiger partial charge in [0.25, 0.3) is 0 Å². The molecule has 0 N–H and O–H groups in total. The van der Waals surface area contributed by atoms with Crippen molar-refractivity contribution in [3.63, 3.8) is 0 Å². The molecule has 2 aromatic rings. The van der Waals surface area contributed by atoms with Gasteiger partial charge in [-0.2, -0.15) is 0 Å². The Hall–Kier alpha value is -1.39. The number of ketones is 1. The van der Waals surface area contributed by atoms with Gasteiger partial charge in [0.05, 0.1) is 17.7 Å². The molecule has 0 aliphatic carbocycles. The predicted molar refractivity (Wildman–Crippen MR) is 80.1 cm³/mol. The van der Waals surface area contributed by atoms with Crippen molar-refractivity contribution in [1.29, 1.82) is 0 Å². The molecule has 0 spiro atoms. The molecule has 0 aliphatic heterocycles. The van der Waals surface area contributed by atoms with Gasteiger partial charge in [0.2, 0.25) is 0 Å². The number of halogens is 3. The molecule has 20 heavy (non-hydrogen) atoms. The van der Waals surface area contributed by atoms with E-state index in [-0.39, 0.29) is 22.8 Å². The Morgan fingerprint density at radius 1 is 1.30 bits per heavy atom. The van der Waals surface area contributed by atoms with Gasteiger partial charge in [-0.3, -0.25) is 4.79 Å². The lowest BCUT2D eigenvalue weighted by atomic mass is 10.0. The fourth-order valence-corrected chi connectivity index (χ4v) is 2.33. The van der Waals surface area contributed by atoms with Crippen molar-refractivity contribution in [2.24, 2.45) is 0 Å². The SMILES string of the molecule is COc1ccccc1CC(=O)c1ccc(Br)c(Cl)c1F. The standard InChI is InChI=1S/C15H11BrClFO2/c1-20-13-5-3-2-4-9(13)8-12(19)10-6-7-11(16)14(17)15(10)18/h2-7H,8H2,1H3. The zero-order chi connectivity index (χ0) is 14.7. The van der Waals surface area contributed by atoms with Crippen LogP contribution in [0.25, 0.3) is 0 Å². The molecule has 0 saturated heterocycles. The van der Waals surface area contributed by atoms with E-state index in [4.69, 9.17) is 16.3 Å². The van der Waals surface area contributed by atoms with Crippen LogP contribution in [-0.4, -0.2) is 12.9 Å². The molecular formula is C15H11BrClFO2. The number of carbonyl (C=O) groups is 1. The average Bonchev–Trinajstić information content (AvgIpc) is 2.45. The highest BCUT2D eigenvalue weighted by atomic mass is 79.9. The van der Waals surface area contributed by atoms with Crippen molar-refractivity contribution in [2.45, 2.75) is 6.42 Å². The molecule has 2 aromatic carbocycles. The molecule has 0 heterocycles. The third kappa shape index (κ3) is 3.02. The van der Waals surface area contributed by atoms with E-state index < -0.39 is 5.82 Å².